The Morgan fingerprint density at radius 2 is 1.32 bits per heavy atom. The molecule has 0 unspecified atom stereocenters. The highest BCUT2D eigenvalue weighted by Crippen LogP contribution is 2.37. The van der Waals surface area contributed by atoms with Crippen LogP contribution in [0.5, 0.6) is 0 Å². The standard InChI is InChI=1S/C18H27N3.ClH/c1-2-4-18-17(3-1)20(13-15-5-6-15)11-12-21(18)14-16-7-9-19-10-8-16;/h1-4,15-16,19H,5-14H2;1H. The molecule has 2 fully saturated rings. The number of rotatable bonds is 4. The molecule has 1 saturated carbocycles. The minimum absolute atomic E-state index is 0. The predicted octanol–water partition coefficient (Wildman–Crippen LogP) is 3.14. The largest absolute Gasteiger partial charge is 0.368 e. The lowest BCUT2D eigenvalue weighted by Gasteiger charge is -2.41. The molecule has 22 heavy (non-hydrogen) atoms. The van der Waals surface area contributed by atoms with Gasteiger partial charge in [0.05, 0.1) is 11.4 Å². The highest BCUT2D eigenvalue weighted by atomic mass is 35.5. The molecular formula is C18H28ClN3. The minimum atomic E-state index is 0. The first kappa shape index (κ1) is 15.9. The van der Waals surface area contributed by atoms with Crippen molar-refractivity contribution in [2.45, 2.75) is 25.7 Å². The zero-order chi connectivity index (χ0) is 14.1. The number of fused-ring (bicyclic) bond motifs is 1. The third-order valence-corrected chi connectivity index (χ3v) is 5.32. The lowest BCUT2D eigenvalue weighted by Crippen LogP contribution is -2.45. The number of hydrogen-bond acceptors (Lipinski definition) is 3. The van der Waals surface area contributed by atoms with Gasteiger partial charge in [0.25, 0.3) is 0 Å². The van der Waals surface area contributed by atoms with Gasteiger partial charge >= 0.3 is 0 Å². The van der Waals surface area contributed by atoms with E-state index in [-0.39, 0.29) is 12.4 Å². The lowest BCUT2D eigenvalue weighted by atomic mass is 9.96. The number of nitrogens with one attached hydrogen (secondary N) is 1. The molecule has 3 aliphatic rings. The minimum Gasteiger partial charge on any atom is -0.368 e. The quantitative estimate of drug-likeness (QED) is 0.919. The number of anilines is 2. The normalized spacial score (nSPS) is 22.2. The van der Waals surface area contributed by atoms with Crippen molar-refractivity contribution < 1.29 is 0 Å². The van der Waals surface area contributed by atoms with Crippen molar-refractivity contribution in [3.63, 3.8) is 0 Å². The number of nitrogens with zero attached hydrogens (tertiary/aromatic N) is 2. The van der Waals surface area contributed by atoms with Crippen molar-refractivity contribution in [3.05, 3.63) is 24.3 Å². The maximum absolute atomic E-state index is 3.48. The summed E-state index contributed by atoms with van der Waals surface area (Å²) in [6.07, 6.45) is 5.56. The van der Waals surface area contributed by atoms with Gasteiger partial charge in [-0.2, -0.15) is 0 Å². The fraction of sp³-hybridized carbons (Fsp3) is 0.667. The second-order valence-electron chi connectivity index (χ2n) is 7.02. The fourth-order valence-corrected chi connectivity index (χ4v) is 3.85. The molecule has 2 heterocycles. The lowest BCUT2D eigenvalue weighted by molar-refractivity contribution is 0.372. The topological polar surface area (TPSA) is 18.5 Å². The highest BCUT2D eigenvalue weighted by molar-refractivity contribution is 5.85. The van der Waals surface area contributed by atoms with Crippen molar-refractivity contribution in [2.24, 2.45) is 11.8 Å². The average Bonchev–Trinajstić information content (AvgIpc) is 3.35. The summed E-state index contributed by atoms with van der Waals surface area (Å²) >= 11 is 0. The van der Waals surface area contributed by atoms with Crippen LogP contribution in [-0.4, -0.2) is 39.3 Å². The first-order valence-corrected chi connectivity index (χ1v) is 8.70. The van der Waals surface area contributed by atoms with Crippen molar-refractivity contribution in [3.8, 4) is 0 Å². The SMILES string of the molecule is Cl.c1ccc2c(c1)N(CC1CCNCC1)CCN2CC1CC1. The molecule has 1 saturated heterocycles. The van der Waals surface area contributed by atoms with E-state index in [9.17, 15) is 0 Å². The summed E-state index contributed by atoms with van der Waals surface area (Å²) in [6, 6.07) is 9.06. The molecule has 2 aliphatic heterocycles. The molecule has 4 rings (SSSR count). The molecule has 0 bridgehead atoms. The van der Waals surface area contributed by atoms with Crippen LogP contribution in [0.1, 0.15) is 25.7 Å². The Labute approximate surface area is 140 Å². The summed E-state index contributed by atoms with van der Waals surface area (Å²) in [4.78, 5) is 5.28. The van der Waals surface area contributed by atoms with Gasteiger partial charge in [0.1, 0.15) is 0 Å². The van der Waals surface area contributed by atoms with E-state index >= 15 is 0 Å². The molecule has 1 N–H and O–H groups in total. The van der Waals surface area contributed by atoms with Crippen LogP contribution in [0.4, 0.5) is 11.4 Å². The van der Waals surface area contributed by atoms with Crippen molar-refractivity contribution in [1.29, 1.82) is 0 Å². The molecule has 122 valence electrons. The fourth-order valence-electron chi connectivity index (χ4n) is 3.85. The summed E-state index contributed by atoms with van der Waals surface area (Å²) in [5.74, 6) is 1.84. The van der Waals surface area contributed by atoms with Crippen LogP contribution in [0.2, 0.25) is 0 Å². The van der Waals surface area contributed by atoms with E-state index in [2.05, 4.69) is 39.4 Å². The third kappa shape index (κ3) is 3.52. The average molecular weight is 322 g/mol. The summed E-state index contributed by atoms with van der Waals surface area (Å²) < 4.78 is 0. The van der Waals surface area contributed by atoms with Gasteiger partial charge in [-0.1, -0.05) is 12.1 Å². The van der Waals surface area contributed by atoms with E-state index in [0.29, 0.717) is 0 Å². The van der Waals surface area contributed by atoms with Gasteiger partial charge in [-0.3, -0.25) is 0 Å². The van der Waals surface area contributed by atoms with Crippen LogP contribution in [0, 0.1) is 11.8 Å². The Bertz CT molecular complexity index is 483. The number of benzene rings is 1. The van der Waals surface area contributed by atoms with Crippen LogP contribution < -0.4 is 15.1 Å². The third-order valence-electron chi connectivity index (χ3n) is 5.32. The molecule has 1 aromatic carbocycles. The van der Waals surface area contributed by atoms with E-state index in [0.717, 1.165) is 11.8 Å². The van der Waals surface area contributed by atoms with Crippen LogP contribution in [0.15, 0.2) is 24.3 Å². The van der Waals surface area contributed by atoms with Gasteiger partial charge in [0.2, 0.25) is 0 Å². The molecule has 0 aromatic heterocycles. The number of piperidine rings is 1. The molecular weight excluding hydrogens is 294 g/mol. The highest BCUT2D eigenvalue weighted by Gasteiger charge is 2.29. The van der Waals surface area contributed by atoms with Crippen LogP contribution in [0.3, 0.4) is 0 Å². The van der Waals surface area contributed by atoms with Crippen molar-refractivity contribution in [1.82, 2.24) is 5.32 Å². The Morgan fingerprint density at radius 1 is 0.818 bits per heavy atom. The van der Waals surface area contributed by atoms with E-state index < -0.39 is 0 Å². The molecule has 0 amide bonds. The number of hydrogen-bond donors (Lipinski definition) is 1. The predicted molar refractivity (Wildman–Crippen MR) is 96.4 cm³/mol. The molecule has 1 aliphatic carbocycles. The number of para-hydroxylation sites is 2. The maximum atomic E-state index is 3.48. The van der Waals surface area contributed by atoms with E-state index in [4.69, 9.17) is 0 Å². The second kappa shape index (κ2) is 7.10. The molecule has 0 spiro atoms. The molecule has 3 nitrogen and oxygen atoms in total. The second-order valence-corrected chi connectivity index (χ2v) is 7.02. The zero-order valence-electron chi connectivity index (χ0n) is 13.3. The molecule has 4 heteroatoms. The van der Waals surface area contributed by atoms with Gasteiger partial charge in [-0.05, 0) is 62.7 Å². The smallest absolute Gasteiger partial charge is 0.0604 e. The Balaban J connectivity index is 0.00000144. The van der Waals surface area contributed by atoms with Gasteiger partial charge in [-0.15, -0.1) is 12.4 Å². The van der Waals surface area contributed by atoms with Crippen LogP contribution >= 0.6 is 12.4 Å². The summed E-state index contributed by atoms with van der Waals surface area (Å²) in [5, 5.41) is 3.48. The van der Waals surface area contributed by atoms with Crippen LogP contribution in [-0.2, 0) is 0 Å². The van der Waals surface area contributed by atoms with E-state index in [1.165, 1.54) is 76.3 Å². The Morgan fingerprint density at radius 3 is 1.82 bits per heavy atom. The summed E-state index contributed by atoms with van der Waals surface area (Å²) in [5.41, 5.74) is 2.95. The first-order chi connectivity index (χ1) is 10.4. The first-order valence-electron chi connectivity index (χ1n) is 8.70. The number of halogens is 1. The van der Waals surface area contributed by atoms with Crippen LogP contribution in [0.25, 0.3) is 0 Å². The van der Waals surface area contributed by atoms with Gasteiger partial charge < -0.3 is 15.1 Å². The van der Waals surface area contributed by atoms with Crippen molar-refractivity contribution in [2.75, 3.05) is 49.1 Å². The molecule has 1 aromatic rings. The molecule has 0 atom stereocenters. The van der Waals surface area contributed by atoms with Gasteiger partial charge in [0.15, 0.2) is 0 Å². The molecule has 0 radical (unpaired) electrons. The summed E-state index contributed by atoms with van der Waals surface area (Å²) in [6.45, 7) is 7.34. The monoisotopic (exact) mass is 321 g/mol. The van der Waals surface area contributed by atoms with Gasteiger partial charge in [0, 0.05) is 26.2 Å². The van der Waals surface area contributed by atoms with E-state index in [1.807, 2.05) is 0 Å². The Kier molecular flexibility index (Phi) is 5.14. The van der Waals surface area contributed by atoms with Gasteiger partial charge in [-0.25, -0.2) is 0 Å². The van der Waals surface area contributed by atoms with E-state index in [1.54, 1.807) is 0 Å². The summed E-state index contributed by atoms with van der Waals surface area (Å²) in [7, 11) is 0. The maximum Gasteiger partial charge on any atom is 0.0604 e. The zero-order valence-corrected chi connectivity index (χ0v) is 14.2. The van der Waals surface area contributed by atoms with Crippen molar-refractivity contribution >= 4 is 23.8 Å². The Hall–Kier alpha value is -0.930.